The number of aliphatic carboxylic acids is 1. The van der Waals surface area contributed by atoms with Crippen LogP contribution in [0.5, 0.6) is 0 Å². The Balaban J connectivity index is 2.67. The number of carboxylic acids is 1. The summed E-state index contributed by atoms with van der Waals surface area (Å²) in [6.07, 6.45) is 1.58. The van der Waals surface area contributed by atoms with E-state index in [4.69, 9.17) is 22.3 Å². The van der Waals surface area contributed by atoms with Gasteiger partial charge in [-0.2, -0.15) is 0 Å². The fourth-order valence-corrected chi connectivity index (χ4v) is 2.99. The molecule has 0 aliphatic carbocycles. The van der Waals surface area contributed by atoms with Crippen molar-refractivity contribution in [1.82, 2.24) is 15.5 Å². The number of aliphatic imine (C=N–C) groups is 1. The molecule has 0 aromatic rings. The minimum Gasteiger partial charge on any atom is -0.480 e. The van der Waals surface area contributed by atoms with Gasteiger partial charge in [0, 0.05) is 13.1 Å². The largest absolute Gasteiger partial charge is 0.480 e. The van der Waals surface area contributed by atoms with Crippen LogP contribution in [0.25, 0.3) is 0 Å². The molecule has 0 bridgehead atoms. The molecular weight excluding hydrogens is 398 g/mol. The number of carboxylic acid groups (broad SMARTS) is 1. The molecule has 30 heavy (non-hydrogen) atoms. The second-order valence-electron chi connectivity index (χ2n) is 7.06. The first kappa shape index (κ1) is 25.1. The van der Waals surface area contributed by atoms with Crippen molar-refractivity contribution in [3.8, 4) is 0 Å². The van der Waals surface area contributed by atoms with Crippen LogP contribution in [0.3, 0.4) is 0 Å². The number of likely N-dealkylation sites (tertiary alicyclic amines) is 1. The van der Waals surface area contributed by atoms with Gasteiger partial charge in [0.1, 0.15) is 18.1 Å². The third-order valence-electron chi connectivity index (χ3n) is 4.67. The van der Waals surface area contributed by atoms with Crippen molar-refractivity contribution in [2.75, 3.05) is 19.7 Å². The van der Waals surface area contributed by atoms with Crippen LogP contribution in [0.2, 0.25) is 0 Å². The molecule has 1 heterocycles. The van der Waals surface area contributed by atoms with Gasteiger partial charge in [0.25, 0.3) is 0 Å². The van der Waals surface area contributed by atoms with E-state index in [1.165, 1.54) is 11.8 Å². The van der Waals surface area contributed by atoms with E-state index in [0.29, 0.717) is 25.8 Å². The van der Waals surface area contributed by atoms with Gasteiger partial charge in [-0.3, -0.25) is 24.2 Å². The lowest BCUT2D eigenvalue weighted by Crippen LogP contribution is -2.57. The molecule has 0 aromatic heterocycles. The third kappa shape index (κ3) is 7.48. The number of guanidine groups is 1. The number of aliphatic hydroxyl groups excluding tert-OH is 1. The molecule has 0 radical (unpaired) electrons. The van der Waals surface area contributed by atoms with Crippen LogP contribution in [0.15, 0.2) is 4.99 Å². The van der Waals surface area contributed by atoms with Gasteiger partial charge in [0.15, 0.2) is 5.96 Å². The van der Waals surface area contributed by atoms with Crippen LogP contribution in [-0.2, 0) is 19.2 Å². The van der Waals surface area contributed by atoms with Gasteiger partial charge in [0.2, 0.25) is 17.7 Å². The maximum atomic E-state index is 12.8. The molecule has 1 aliphatic heterocycles. The summed E-state index contributed by atoms with van der Waals surface area (Å²) in [7, 11) is 0. The molecule has 0 saturated carbocycles. The lowest BCUT2D eigenvalue weighted by molar-refractivity contribution is -0.145. The van der Waals surface area contributed by atoms with E-state index >= 15 is 0 Å². The maximum Gasteiger partial charge on any atom is 0.325 e. The van der Waals surface area contributed by atoms with Crippen molar-refractivity contribution in [3.63, 3.8) is 0 Å². The third-order valence-corrected chi connectivity index (χ3v) is 4.67. The first-order valence-corrected chi connectivity index (χ1v) is 9.64. The number of nitrogens with two attached hydrogens (primary N) is 3. The Kier molecular flexibility index (Phi) is 9.98. The number of nitrogens with one attached hydrogen (secondary N) is 2. The first-order chi connectivity index (χ1) is 14.1. The van der Waals surface area contributed by atoms with Crippen molar-refractivity contribution in [3.05, 3.63) is 0 Å². The van der Waals surface area contributed by atoms with Crippen molar-refractivity contribution >= 4 is 29.7 Å². The Morgan fingerprint density at radius 1 is 1.23 bits per heavy atom. The Morgan fingerprint density at radius 3 is 2.47 bits per heavy atom. The highest BCUT2D eigenvalue weighted by atomic mass is 16.4. The maximum absolute atomic E-state index is 12.8. The average molecular weight is 429 g/mol. The molecule has 0 aromatic carbocycles. The highest BCUT2D eigenvalue weighted by molar-refractivity contribution is 5.94. The summed E-state index contributed by atoms with van der Waals surface area (Å²) in [4.78, 5) is 53.3. The summed E-state index contributed by atoms with van der Waals surface area (Å²) >= 11 is 0. The van der Waals surface area contributed by atoms with Crippen LogP contribution >= 0.6 is 0 Å². The Labute approximate surface area is 174 Å². The molecule has 10 N–H and O–H groups in total. The molecule has 13 nitrogen and oxygen atoms in total. The zero-order chi connectivity index (χ0) is 22.8. The summed E-state index contributed by atoms with van der Waals surface area (Å²) in [5.41, 5.74) is 16.2. The quantitative estimate of drug-likeness (QED) is 0.0977. The SMILES string of the molecule is CC(NC(=O)C1CCCN1C(=O)C(CO)NC(=O)C(N)CCCN=C(N)N)C(=O)O. The summed E-state index contributed by atoms with van der Waals surface area (Å²) < 4.78 is 0. The van der Waals surface area contributed by atoms with E-state index < -0.39 is 54.5 Å². The predicted molar refractivity (Wildman–Crippen MR) is 107 cm³/mol. The van der Waals surface area contributed by atoms with E-state index in [9.17, 15) is 24.3 Å². The molecule has 4 unspecified atom stereocenters. The number of carbonyl (C=O) groups excluding carboxylic acids is 3. The second kappa shape index (κ2) is 11.9. The van der Waals surface area contributed by atoms with Crippen molar-refractivity contribution in [1.29, 1.82) is 0 Å². The summed E-state index contributed by atoms with van der Waals surface area (Å²) in [6, 6.07) is -4.19. The zero-order valence-corrected chi connectivity index (χ0v) is 16.9. The fraction of sp³-hybridized carbons (Fsp3) is 0.706. The van der Waals surface area contributed by atoms with Crippen molar-refractivity contribution < 1.29 is 29.4 Å². The summed E-state index contributed by atoms with van der Waals surface area (Å²) in [5.74, 6) is -3.14. The molecule has 1 fully saturated rings. The fourth-order valence-electron chi connectivity index (χ4n) is 2.99. The van der Waals surface area contributed by atoms with Crippen LogP contribution < -0.4 is 27.8 Å². The highest BCUT2D eigenvalue weighted by Crippen LogP contribution is 2.19. The molecule has 1 rings (SSSR count). The molecule has 170 valence electrons. The minimum atomic E-state index is -1.27. The monoisotopic (exact) mass is 429 g/mol. The van der Waals surface area contributed by atoms with Crippen molar-refractivity contribution in [2.24, 2.45) is 22.2 Å². The molecule has 0 spiro atoms. The Bertz CT molecular complexity index is 667. The number of rotatable bonds is 11. The molecule has 3 amide bonds. The molecule has 1 saturated heterocycles. The highest BCUT2D eigenvalue weighted by Gasteiger charge is 2.38. The van der Waals surface area contributed by atoms with Gasteiger partial charge in [-0.15, -0.1) is 0 Å². The molecular formula is C17H31N7O6. The van der Waals surface area contributed by atoms with E-state index in [-0.39, 0.29) is 18.9 Å². The number of aliphatic hydroxyl groups is 1. The number of nitrogens with zero attached hydrogens (tertiary/aromatic N) is 2. The van der Waals surface area contributed by atoms with E-state index in [1.54, 1.807) is 0 Å². The first-order valence-electron chi connectivity index (χ1n) is 9.64. The Hall–Kier alpha value is -2.93. The number of amides is 3. The number of carbonyl (C=O) groups is 4. The number of hydrogen-bond donors (Lipinski definition) is 7. The topological polar surface area (TPSA) is 226 Å². The van der Waals surface area contributed by atoms with E-state index in [1.807, 2.05) is 0 Å². The number of hydrogen-bond acceptors (Lipinski definition) is 7. The molecule has 1 aliphatic rings. The molecule has 4 atom stereocenters. The zero-order valence-electron chi connectivity index (χ0n) is 16.9. The lowest BCUT2D eigenvalue weighted by Gasteiger charge is -2.28. The van der Waals surface area contributed by atoms with E-state index in [0.717, 1.165) is 0 Å². The second-order valence-corrected chi connectivity index (χ2v) is 7.06. The van der Waals surface area contributed by atoms with Gasteiger partial charge >= 0.3 is 5.97 Å². The van der Waals surface area contributed by atoms with Gasteiger partial charge in [-0.25, -0.2) is 0 Å². The van der Waals surface area contributed by atoms with Gasteiger partial charge in [-0.1, -0.05) is 0 Å². The van der Waals surface area contributed by atoms with E-state index in [2.05, 4.69) is 15.6 Å². The summed E-state index contributed by atoms with van der Waals surface area (Å²) in [6.45, 7) is 1.18. The standard InChI is InChI=1S/C17H31N7O6/c1-9(16(29)30)22-14(27)12-5-3-7-24(12)15(28)11(8-25)23-13(26)10(18)4-2-6-21-17(19)20/h9-12,25H,2-8,18H2,1H3,(H,22,27)(H,23,26)(H,29,30)(H4,19,20,21). The van der Waals surface area contributed by atoms with Gasteiger partial charge in [-0.05, 0) is 32.6 Å². The smallest absolute Gasteiger partial charge is 0.325 e. The predicted octanol–water partition coefficient (Wildman–Crippen LogP) is -3.58. The van der Waals surface area contributed by atoms with Crippen molar-refractivity contribution in [2.45, 2.75) is 56.8 Å². The van der Waals surface area contributed by atoms with Crippen LogP contribution in [0, 0.1) is 0 Å². The lowest BCUT2D eigenvalue weighted by atomic mass is 10.1. The van der Waals surface area contributed by atoms with Crippen LogP contribution in [0.4, 0.5) is 0 Å². The van der Waals surface area contributed by atoms with Gasteiger partial charge < -0.3 is 42.9 Å². The summed E-state index contributed by atoms with van der Waals surface area (Å²) in [5, 5.41) is 23.2. The molecule has 13 heteroatoms. The van der Waals surface area contributed by atoms with Crippen LogP contribution in [-0.4, -0.2) is 88.6 Å². The minimum absolute atomic E-state index is 0.0686. The average Bonchev–Trinajstić information content (AvgIpc) is 3.18. The Morgan fingerprint density at radius 2 is 1.90 bits per heavy atom. The normalized spacial score (nSPS) is 18.8. The van der Waals surface area contributed by atoms with Crippen LogP contribution in [0.1, 0.15) is 32.6 Å². The van der Waals surface area contributed by atoms with Gasteiger partial charge in [0.05, 0.1) is 12.6 Å².